The van der Waals surface area contributed by atoms with E-state index in [2.05, 4.69) is 0 Å². The van der Waals surface area contributed by atoms with Crippen molar-refractivity contribution in [3.05, 3.63) is 45.4 Å². The first-order valence-electron chi connectivity index (χ1n) is 5.08. The summed E-state index contributed by atoms with van der Waals surface area (Å²) in [6.07, 6.45) is 0. The summed E-state index contributed by atoms with van der Waals surface area (Å²) in [5.41, 5.74) is 2.23. The van der Waals surface area contributed by atoms with Crippen LogP contribution in [0.5, 0.6) is 0 Å². The molecule has 17 heavy (non-hydrogen) atoms. The molecule has 0 aliphatic heterocycles. The zero-order valence-corrected chi connectivity index (χ0v) is 10.3. The van der Waals surface area contributed by atoms with Gasteiger partial charge in [-0.3, -0.25) is 0 Å². The Morgan fingerprint density at radius 1 is 1.35 bits per heavy atom. The number of hydrogen-bond donors (Lipinski definition) is 1. The predicted molar refractivity (Wildman–Crippen MR) is 66.1 cm³/mol. The van der Waals surface area contributed by atoms with Crippen molar-refractivity contribution in [2.24, 2.45) is 0 Å². The highest BCUT2D eigenvalue weighted by Crippen LogP contribution is 2.33. The lowest BCUT2D eigenvalue weighted by atomic mass is 10.0. The topological polar surface area (TPSA) is 37.3 Å². The van der Waals surface area contributed by atoms with Gasteiger partial charge in [0, 0.05) is 15.8 Å². The summed E-state index contributed by atoms with van der Waals surface area (Å²) < 4.78 is 13.2. The van der Waals surface area contributed by atoms with Crippen molar-refractivity contribution in [1.29, 1.82) is 0 Å². The fraction of sp³-hybridized carbons (Fsp3) is 0.154. The monoisotopic (exact) mass is 250 g/mol. The fourth-order valence-electron chi connectivity index (χ4n) is 1.77. The Balaban J connectivity index is 2.63. The van der Waals surface area contributed by atoms with Crippen molar-refractivity contribution >= 4 is 17.3 Å². The molecule has 0 aliphatic carbocycles. The average molecular weight is 250 g/mol. The van der Waals surface area contributed by atoms with Gasteiger partial charge in [-0.2, -0.15) is 0 Å². The summed E-state index contributed by atoms with van der Waals surface area (Å²) in [4.78, 5) is 12.0. The maximum absolute atomic E-state index is 13.2. The van der Waals surface area contributed by atoms with Gasteiger partial charge in [-0.1, -0.05) is 6.07 Å². The Labute approximate surface area is 102 Å². The highest BCUT2D eigenvalue weighted by atomic mass is 32.1. The summed E-state index contributed by atoms with van der Waals surface area (Å²) >= 11 is 1.39. The van der Waals surface area contributed by atoms with Crippen molar-refractivity contribution in [2.75, 3.05) is 0 Å². The standard InChI is InChI=1S/C13H11FO2S/c1-7-5-9(3-4-11(7)14)12-8(2)17-6-10(12)13(15)16/h3-6H,1-2H3,(H,15,16). The minimum Gasteiger partial charge on any atom is -0.478 e. The van der Waals surface area contributed by atoms with Crippen molar-refractivity contribution < 1.29 is 14.3 Å². The minimum absolute atomic E-state index is 0.276. The van der Waals surface area contributed by atoms with Gasteiger partial charge in [0.05, 0.1) is 5.56 Å². The van der Waals surface area contributed by atoms with Crippen LogP contribution in [0.25, 0.3) is 11.1 Å². The second-order valence-electron chi connectivity index (χ2n) is 3.85. The molecule has 2 aromatic rings. The van der Waals surface area contributed by atoms with Gasteiger partial charge in [-0.05, 0) is 37.1 Å². The number of aromatic carboxylic acids is 1. The Morgan fingerprint density at radius 2 is 2.06 bits per heavy atom. The van der Waals surface area contributed by atoms with Crippen LogP contribution in [-0.2, 0) is 0 Å². The highest BCUT2D eigenvalue weighted by Gasteiger charge is 2.16. The van der Waals surface area contributed by atoms with Gasteiger partial charge in [0.15, 0.2) is 0 Å². The molecule has 0 amide bonds. The number of rotatable bonds is 2. The van der Waals surface area contributed by atoms with Crippen LogP contribution in [0.1, 0.15) is 20.8 Å². The molecule has 0 bridgehead atoms. The first kappa shape index (κ1) is 11.8. The van der Waals surface area contributed by atoms with E-state index in [1.807, 2.05) is 6.92 Å². The Morgan fingerprint density at radius 3 is 2.65 bits per heavy atom. The van der Waals surface area contributed by atoms with Crippen LogP contribution in [0.15, 0.2) is 23.6 Å². The first-order chi connectivity index (χ1) is 8.00. The Kier molecular flexibility index (Phi) is 2.98. The highest BCUT2D eigenvalue weighted by molar-refractivity contribution is 7.10. The molecular formula is C13H11FO2S. The third-order valence-electron chi connectivity index (χ3n) is 2.65. The van der Waals surface area contributed by atoms with E-state index in [0.29, 0.717) is 11.1 Å². The zero-order valence-electron chi connectivity index (χ0n) is 9.45. The smallest absolute Gasteiger partial charge is 0.337 e. The molecule has 0 saturated carbocycles. The molecule has 2 nitrogen and oxygen atoms in total. The molecule has 0 atom stereocenters. The number of carboxylic acids is 1. The van der Waals surface area contributed by atoms with Crippen LogP contribution in [0.2, 0.25) is 0 Å². The summed E-state index contributed by atoms with van der Waals surface area (Å²) in [6.45, 7) is 3.53. The van der Waals surface area contributed by atoms with Crippen LogP contribution in [0.3, 0.4) is 0 Å². The van der Waals surface area contributed by atoms with Crippen LogP contribution < -0.4 is 0 Å². The van der Waals surface area contributed by atoms with Gasteiger partial charge < -0.3 is 5.11 Å². The van der Waals surface area contributed by atoms with E-state index in [1.165, 1.54) is 17.4 Å². The Bertz CT molecular complexity index is 587. The van der Waals surface area contributed by atoms with Gasteiger partial charge in [0.2, 0.25) is 0 Å². The fourth-order valence-corrected chi connectivity index (χ4v) is 2.63. The molecule has 0 spiro atoms. The third kappa shape index (κ3) is 2.08. The molecule has 0 fully saturated rings. The molecule has 1 aromatic carbocycles. The van der Waals surface area contributed by atoms with Crippen LogP contribution in [-0.4, -0.2) is 11.1 Å². The molecule has 1 N–H and O–H groups in total. The molecular weight excluding hydrogens is 239 g/mol. The van der Waals surface area contributed by atoms with Crippen LogP contribution in [0, 0.1) is 19.7 Å². The normalized spacial score (nSPS) is 10.5. The third-order valence-corrected chi connectivity index (χ3v) is 3.56. The van der Waals surface area contributed by atoms with Gasteiger partial charge in [0.1, 0.15) is 5.82 Å². The average Bonchev–Trinajstić information content (AvgIpc) is 2.64. The van der Waals surface area contributed by atoms with Gasteiger partial charge >= 0.3 is 5.97 Å². The number of aryl methyl sites for hydroxylation is 2. The van der Waals surface area contributed by atoms with Gasteiger partial charge in [-0.25, -0.2) is 9.18 Å². The number of hydrogen-bond acceptors (Lipinski definition) is 2. The Hall–Kier alpha value is -1.68. The van der Waals surface area contributed by atoms with Crippen molar-refractivity contribution in [1.82, 2.24) is 0 Å². The van der Waals surface area contributed by atoms with E-state index >= 15 is 0 Å². The summed E-state index contributed by atoms with van der Waals surface area (Å²) in [7, 11) is 0. The SMILES string of the molecule is Cc1cc(-c2c(C(=O)O)csc2C)ccc1F. The van der Waals surface area contributed by atoms with E-state index in [1.54, 1.807) is 24.4 Å². The van der Waals surface area contributed by atoms with Crippen molar-refractivity contribution in [3.63, 3.8) is 0 Å². The largest absolute Gasteiger partial charge is 0.478 e. The lowest BCUT2D eigenvalue weighted by Gasteiger charge is -2.05. The van der Waals surface area contributed by atoms with Crippen molar-refractivity contribution in [3.8, 4) is 11.1 Å². The van der Waals surface area contributed by atoms with E-state index in [9.17, 15) is 9.18 Å². The van der Waals surface area contributed by atoms with E-state index < -0.39 is 5.97 Å². The van der Waals surface area contributed by atoms with Crippen LogP contribution >= 0.6 is 11.3 Å². The second kappa shape index (κ2) is 4.30. The quantitative estimate of drug-likeness (QED) is 0.878. The lowest BCUT2D eigenvalue weighted by molar-refractivity contribution is 0.0698. The van der Waals surface area contributed by atoms with E-state index in [4.69, 9.17) is 5.11 Å². The molecule has 1 heterocycles. The number of thiophene rings is 1. The summed E-state index contributed by atoms with van der Waals surface area (Å²) in [5.74, 6) is -1.23. The molecule has 1 aromatic heterocycles. The number of carbonyl (C=O) groups is 1. The lowest BCUT2D eigenvalue weighted by Crippen LogP contribution is -1.97. The second-order valence-corrected chi connectivity index (χ2v) is 4.93. The molecule has 0 saturated heterocycles. The van der Waals surface area contributed by atoms with Gasteiger partial charge in [0.25, 0.3) is 0 Å². The van der Waals surface area contributed by atoms with Crippen LogP contribution in [0.4, 0.5) is 4.39 Å². The molecule has 4 heteroatoms. The predicted octanol–water partition coefficient (Wildman–Crippen LogP) is 3.87. The first-order valence-corrected chi connectivity index (χ1v) is 5.96. The molecule has 0 unspecified atom stereocenters. The zero-order chi connectivity index (χ0) is 12.6. The molecule has 0 aliphatic rings. The number of benzene rings is 1. The van der Waals surface area contributed by atoms with E-state index in [-0.39, 0.29) is 11.4 Å². The molecule has 88 valence electrons. The number of halogens is 1. The molecule has 0 radical (unpaired) electrons. The maximum Gasteiger partial charge on any atom is 0.337 e. The summed E-state index contributed by atoms with van der Waals surface area (Å²) in [6, 6.07) is 4.66. The van der Waals surface area contributed by atoms with Crippen molar-refractivity contribution in [2.45, 2.75) is 13.8 Å². The van der Waals surface area contributed by atoms with E-state index in [0.717, 1.165) is 10.4 Å². The van der Waals surface area contributed by atoms with Gasteiger partial charge in [-0.15, -0.1) is 11.3 Å². The maximum atomic E-state index is 13.2. The number of carboxylic acid groups (broad SMARTS) is 1. The minimum atomic E-state index is -0.952. The molecule has 2 rings (SSSR count). The summed E-state index contributed by atoms with van der Waals surface area (Å²) in [5, 5.41) is 10.7.